The van der Waals surface area contributed by atoms with E-state index in [1.807, 2.05) is 60.9 Å². The Morgan fingerprint density at radius 2 is 1.90 bits per heavy atom. The lowest BCUT2D eigenvalue weighted by atomic mass is 10.2. The van der Waals surface area contributed by atoms with Crippen LogP contribution in [-0.4, -0.2) is 25.9 Å². The molecule has 1 atom stereocenters. The van der Waals surface area contributed by atoms with Gasteiger partial charge >= 0.3 is 0 Å². The maximum Gasteiger partial charge on any atom is 0.233 e. The molecule has 2 aromatic carbocycles. The Morgan fingerprint density at radius 3 is 2.59 bits per heavy atom. The Labute approximate surface area is 179 Å². The van der Waals surface area contributed by atoms with Gasteiger partial charge in [-0.3, -0.25) is 4.79 Å². The monoisotopic (exact) mass is 430 g/mol. The number of halogens is 1. The van der Waals surface area contributed by atoms with Gasteiger partial charge in [0.2, 0.25) is 5.91 Å². The van der Waals surface area contributed by atoms with Crippen LogP contribution in [0.4, 0.5) is 0 Å². The van der Waals surface area contributed by atoms with Gasteiger partial charge < -0.3 is 14.6 Å². The van der Waals surface area contributed by atoms with E-state index in [0.717, 1.165) is 5.56 Å². The van der Waals surface area contributed by atoms with E-state index in [1.54, 1.807) is 12.1 Å². The molecule has 0 fully saturated rings. The molecule has 0 saturated carbocycles. The number of ether oxygens (including phenoxy) is 1. The van der Waals surface area contributed by atoms with Crippen molar-refractivity contribution < 1.29 is 9.53 Å². The third-order valence-electron chi connectivity index (χ3n) is 4.25. The molecule has 0 aliphatic rings. The molecule has 0 aliphatic carbocycles. The van der Waals surface area contributed by atoms with E-state index in [9.17, 15) is 4.79 Å². The average Bonchev–Trinajstić information content (AvgIpc) is 3.13. The minimum Gasteiger partial charge on any atom is -0.486 e. The lowest BCUT2D eigenvalue weighted by molar-refractivity contribution is -0.120. The van der Waals surface area contributed by atoms with Gasteiger partial charge in [-0.2, -0.15) is 0 Å². The zero-order valence-electron chi connectivity index (χ0n) is 16.3. The Morgan fingerprint density at radius 1 is 1.17 bits per heavy atom. The SMILES string of the molecule is CCn1c(COc2ccc(Cl)cc2)nnc1SC(C)C(=O)NCc1ccccc1. The molecule has 8 heteroatoms. The first-order chi connectivity index (χ1) is 14.1. The number of aromatic nitrogens is 3. The van der Waals surface area contributed by atoms with Gasteiger partial charge in [-0.25, -0.2) is 0 Å². The van der Waals surface area contributed by atoms with Crippen LogP contribution in [0.25, 0.3) is 0 Å². The van der Waals surface area contributed by atoms with Crippen molar-refractivity contribution in [3.05, 3.63) is 71.0 Å². The van der Waals surface area contributed by atoms with Crippen molar-refractivity contribution in [3.63, 3.8) is 0 Å². The molecular weight excluding hydrogens is 408 g/mol. The van der Waals surface area contributed by atoms with Crippen molar-refractivity contribution in [2.24, 2.45) is 0 Å². The van der Waals surface area contributed by atoms with E-state index in [1.165, 1.54) is 11.8 Å². The largest absolute Gasteiger partial charge is 0.486 e. The number of carbonyl (C=O) groups excluding carboxylic acids is 1. The van der Waals surface area contributed by atoms with Crippen LogP contribution in [0, 0.1) is 0 Å². The highest BCUT2D eigenvalue weighted by atomic mass is 35.5. The van der Waals surface area contributed by atoms with E-state index in [-0.39, 0.29) is 17.8 Å². The molecular formula is C21H23ClN4O2S. The summed E-state index contributed by atoms with van der Waals surface area (Å²) < 4.78 is 7.73. The highest BCUT2D eigenvalue weighted by Gasteiger charge is 2.19. The molecule has 6 nitrogen and oxygen atoms in total. The third kappa shape index (κ3) is 5.98. The van der Waals surface area contributed by atoms with Crippen LogP contribution >= 0.6 is 23.4 Å². The van der Waals surface area contributed by atoms with Crippen molar-refractivity contribution in [1.82, 2.24) is 20.1 Å². The zero-order valence-corrected chi connectivity index (χ0v) is 17.9. The Bertz CT molecular complexity index is 932. The molecule has 1 unspecified atom stereocenters. The second-order valence-corrected chi connectivity index (χ2v) is 8.09. The Hall–Kier alpha value is -2.51. The second kappa shape index (κ2) is 10.3. The number of nitrogens with one attached hydrogen (secondary N) is 1. The van der Waals surface area contributed by atoms with Crippen LogP contribution in [0.15, 0.2) is 59.8 Å². The summed E-state index contributed by atoms with van der Waals surface area (Å²) in [7, 11) is 0. The fraction of sp³-hybridized carbons (Fsp3) is 0.286. The summed E-state index contributed by atoms with van der Waals surface area (Å²) in [6, 6.07) is 17.0. The smallest absolute Gasteiger partial charge is 0.233 e. The fourth-order valence-corrected chi connectivity index (χ4v) is 3.73. The third-order valence-corrected chi connectivity index (χ3v) is 5.58. The first kappa shape index (κ1) is 21.2. The maximum absolute atomic E-state index is 12.4. The van der Waals surface area contributed by atoms with Crippen LogP contribution in [0.3, 0.4) is 0 Å². The molecule has 3 aromatic rings. The molecule has 152 valence electrons. The Balaban J connectivity index is 1.57. The van der Waals surface area contributed by atoms with Gasteiger partial charge in [0.05, 0.1) is 5.25 Å². The van der Waals surface area contributed by atoms with Crippen LogP contribution in [0.1, 0.15) is 25.2 Å². The summed E-state index contributed by atoms with van der Waals surface area (Å²) in [5, 5.41) is 12.5. The second-order valence-electron chi connectivity index (χ2n) is 6.35. The number of rotatable bonds is 9. The zero-order chi connectivity index (χ0) is 20.6. The highest BCUT2D eigenvalue weighted by molar-refractivity contribution is 8.00. The minimum absolute atomic E-state index is 0.0385. The lowest BCUT2D eigenvalue weighted by Gasteiger charge is -2.13. The number of hydrogen-bond donors (Lipinski definition) is 1. The van der Waals surface area contributed by atoms with Crippen LogP contribution in [-0.2, 0) is 24.5 Å². The number of amides is 1. The minimum atomic E-state index is -0.293. The van der Waals surface area contributed by atoms with Gasteiger partial charge in [0.15, 0.2) is 11.0 Å². The topological polar surface area (TPSA) is 69.0 Å². The molecule has 1 aromatic heterocycles. The van der Waals surface area contributed by atoms with Gasteiger partial charge in [0, 0.05) is 18.1 Å². The normalized spacial score (nSPS) is 11.8. The standard InChI is InChI=1S/C21H23ClN4O2S/c1-3-26-19(14-28-18-11-9-17(22)10-12-18)24-25-21(26)29-15(2)20(27)23-13-16-7-5-4-6-8-16/h4-12,15H,3,13-14H2,1-2H3,(H,23,27). The van der Waals surface area contributed by atoms with Crippen molar-refractivity contribution >= 4 is 29.3 Å². The average molecular weight is 431 g/mol. The number of nitrogens with zero attached hydrogens (tertiary/aromatic N) is 3. The van der Waals surface area contributed by atoms with Crippen molar-refractivity contribution in [2.45, 2.75) is 44.0 Å². The Kier molecular flexibility index (Phi) is 7.55. The predicted molar refractivity (Wildman–Crippen MR) is 115 cm³/mol. The molecule has 0 aliphatic heterocycles. The van der Waals surface area contributed by atoms with Crippen LogP contribution in [0.5, 0.6) is 5.75 Å². The fourth-order valence-electron chi connectivity index (χ4n) is 2.65. The summed E-state index contributed by atoms with van der Waals surface area (Å²) in [6.07, 6.45) is 0. The number of benzene rings is 2. The van der Waals surface area contributed by atoms with Crippen molar-refractivity contribution in [1.29, 1.82) is 0 Å². The van der Waals surface area contributed by atoms with Crippen molar-refractivity contribution in [2.75, 3.05) is 0 Å². The van der Waals surface area contributed by atoms with Gasteiger partial charge in [0.1, 0.15) is 12.4 Å². The van der Waals surface area contributed by atoms with Gasteiger partial charge in [0.25, 0.3) is 0 Å². The summed E-state index contributed by atoms with van der Waals surface area (Å²) in [5.41, 5.74) is 1.07. The molecule has 0 bridgehead atoms. The van der Waals surface area contributed by atoms with Gasteiger partial charge in [-0.05, 0) is 43.7 Å². The molecule has 0 radical (unpaired) electrons. The van der Waals surface area contributed by atoms with E-state index >= 15 is 0 Å². The summed E-state index contributed by atoms with van der Waals surface area (Å²) in [4.78, 5) is 12.4. The van der Waals surface area contributed by atoms with Gasteiger partial charge in [-0.1, -0.05) is 53.7 Å². The van der Waals surface area contributed by atoms with E-state index < -0.39 is 0 Å². The summed E-state index contributed by atoms with van der Waals surface area (Å²) in [5.74, 6) is 1.38. The molecule has 1 heterocycles. The lowest BCUT2D eigenvalue weighted by Crippen LogP contribution is -2.30. The quantitative estimate of drug-likeness (QED) is 0.512. The first-order valence-electron chi connectivity index (χ1n) is 9.35. The number of thioether (sulfide) groups is 1. The van der Waals surface area contributed by atoms with Gasteiger partial charge in [-0.15, -0.1) is 10.2 Å². The number of hydrogen-bond acceptors (Lipinski definition) is 5. The van der Waals surface area contributed by atoms with E-state index in [4.69, 9.17) is 16.3 Å². The molecule has 1 amide bonds. The van der Waals surface area contributed by atoms with E-state index in [2.05, 4.69) is 15.5 Å². The molecule has 0 spiro atoms. The predicted octanol–water partition coefficient (Wildman–Crippen LogP) is 4.33. The van der Waals surface area contributed by atoms with Crippen LogP contribution in [0.2, 0.25) is 5.02 Å². The molecule has 29 heavy (non-hydrogen) atoms. The van der Waals surface area contributed by atoms with Crippen LogP contribution < -0.4 is 10.1 Å². The van der Waals surface area contributed by atoms with Crippen molar-refractivity contribution in [3.8, 4) is 5.75 Å². The summed E-state index contributed by atoms with van der Waals surface area (Å²) in [6.45, 7) is 5.36. The molecule has 0 saturated heterocycles. The molecule has 1 N–H and O–H groups in total. The highest BCUT2D eigenvalue weighted by Crippen LogP contribution is 2.23. The number of carbonyl (C=O) groups is 1. The summed E-state index contributed by atoms with van der Waals surface area (Å²) >= 11 is 7.28. The maximum atomic E-state index is 12.4. The van der Waals surface area contributed by atoms with E-state index in [0.29, 0.717) is 34.8 Å². The first-order valence-corrected chi connectivity index (χ1v) is 10.6. The molecule has 3 rings (SSSR count).